The van der Waals surface area contributed by atoms with Crippen LogP contribution in [0.5, 0.6) is 5.75 Å². The molecule has 0 atom stereocenters. The molecule has 0 saturated carbocycles. The van der Waals surface area contributed by atoms with Crippen LogP contribution in [0.15, 0.2) is 42.5 Å². The number of nitrogens with zero attached hydrogens (tertiary/aromatic N) is 1. The van der Waals surface area contributed by atoms with Crippen molar-refractivity contribution in [3.63, 3.8) is 0 Å². The summed E-state index contributed by atoms with van der Waals surface area (Å²) < 4.78 is 5.49. The Bertz CT molecular complexity index is 724. The van der Waals surface area contributed by atoms with Gasteiger partial charge in [0.05, 0.1) is 22.7 Å². The lowest BCUT2D eigenvalue weighted by Gasteiger charge is -2.08. The second-order valence-electron chi connectivity index (χ2n) is 4.05. The second-order valence-corrected chi connectivity index (χ2v) is 4.43. The van der Waals surface area contributed by atoms with Gasteiger partial charge in [-0.15, -0.1) is 0 Å². The van der Waals surface area contributed by atoms with Gasteiger partial charge in [-0.2, -0.15) is 0 Å². The summed E-state index contributed by atoms with van der Waals surface area (Å²) in [6.07, 6.45) is 0. The van der Waals surface area contributed by atoms with Gasteiger partial charge in [0.15, 0.2) is 0 Å². The predicted molar refractivity (Wildman–Crippen MR) is 75.4 cm³/mol. The molecule has 1 aromatic heterocycles. The maximum atomic E-state index is 6.45. The number of rotatable bonds is 2. The van der Waals surface area contributed by atoms with Crippen molar-refractivity contribution in [1.82, 2.24) is 4.98 Å². The number of benzene rings is 2. The Labute approximate surface area is 110 Å². The molecular weight excluding hydrogens is 246 g/mol. The van der Waals surface area contributed by atoms with Crippen LogP contribution < -0.4 is 4.74 Å². The molecule has 1 heterocycles. The van der Waals surface area contributed by atoms with Gasteiger partial charge in [0.1, 0.15) is 5.75 Å². The largest absolute Gasteiger partial charge is 0.494 e. The fraction of sp³-hybridized carbons (Fsp3) is 0.133. The van der Waals surface area contributed by atoms with E-state index in [0.29, 0.717) is 6.61 Å². The predicted octanol–water partition coefficient (Wildman–Crippen LogP) is 4.44. The monoisotopic (exact) mass is 257 g/mol. The van der Waals surface area contributed by atoms with Crippen LogP contribution in [0.4, 0.5) is 0 Å². The first-order valence-electron chi connectivity index (χ1n) is 5.90. The molecule has 0 N–H and O–H groups in total. The van der Waals surface area contributed by atoms with E-state index < -0.39 is 0 Å². The van der Waals surface area contributed by atoms with Gasteiger partial charge < -0.3 is 4.74 Å². The van der Waals surface area contributed by atoms with Crippen LogP contribution in [-0.2, 0) is 0 Å². The summed E-state index contributed by atoms with van der Waals surface area (Å²) in [6, 6.07) is 13.7. The number of pyridine rings is 1. The summed E-state index contributed by atoms with van der Waals surface area (Å²) in [5.74, 6) is 0.823. The zero-order chi connectivity index (χ0) is 12.5. The highest BCUT2D eigenvalue weighted by atomic mass is 35.5. The van der Waals surface area contributed by atoms with Crippen LogP contribution in [-0.4, -0.2) is 11.6 Å². The van der Waals surface area contributed by atoms with Gasteiger partial charge in [0, 0.05) is 10.8 Å². The fourth-order valence-electron chi connectivity index (χ4n) is 2.08. The molecule has 18 heavy (non-hydrogen) atoms. The molecule has 0 spiro atoms. The van der Waals surface area contributed by atoms with Gasteiger partial charge in [0.2, 0.25) is 0 Å². The summed E-state index contributed by atoms with van der Waals surface area (Å²) in [6.45, 7) is 2.61. The summed E-state index contributed by atoms with van der Waals surface area (Å²) >= 11 is 6.45. The molecule has 2 aromatic carbocycles. The minimum Gasteiger partial charge on any atom is -0.494 e. The molecular formula is C15H12ClNO. The molecule has 0 bridgehead atoms. The number of hydrogen-bond donors (Lipinski definition) is 0. The topological polar surface area (TPSA) is 22.1 Å². The Morgan fingerprint density at radius 3 is 2.67 bits per heavy atom. The lowest BCUT2D eigenvalue weighted by molar-refractivity contribution is 0.340. The molecule has 0 aliphatic rings. The fourth-order valence-corrected chi connectivity index (χ4v) is 2.39. The van der Waals surface area contributed by atoms with Crippen LogP contribution in [0.2, 0.25) is 5.02 Å². The molecule has 2 nitrogen and oxygen atoms in total. The Balaban J connectivity index is 2.34. The second kappa shape index (κ2) is 4.46. The quantitative estimate of drug-likeness (QED) is 0.633. The molecule has 0 amide bonds. The van der Waals surface area contributed by atoms with Crippen LogP contribution in [0, 0.1) is 0 Å². The minimum atomic E-state index is 0.643. The average Bonchev–Trinajstić information content (AvgIpc) is 2.40. The molecule has 0 aliphatic heterocycles. The van der Waals surface area contributed by atoms with E-state index in [2.05, 4.69) is 4.98 Å². The normalized spacial score (nSPS) is 11.0. The average molecular weight is 258 g/mol. The van der Waals surface area contributed by atoms with E-state index in [1.807, 2.05) is 49.4 Å². The van der Waals surface area contributed by atoms with Crippen LogP contribution >= 0.6 is 11.6 Å². The first-order chi connectivity index (χ1) is 8.79. The Kier molecular flexibility index (Phi) is 2.80. The number of para-hydroxylation sites is 1. The highest BCUT2D eigenvalue weighted by Crippen LogP contribution is 2.32. The Morgan fingerprint density at radius 1 is 1.06 bits per heavy atom. The first-order valence-corrected chi connectivity index (χ1v) is 6.28. The summed E-state index contributed by atoms with van der Waals surface area (Å²) in [7, 11) is 0. The maximum Gasteiger partial charge on any atom is 0.120 e. The lowest BCUT2D eigenvalue weighted by Crippen LogP contribution is -1.92. The third-order valence-corrected chi connectivity index (χ3v) is 3.30. The lowest BCUT2D eigenvalue weighted by atomic mass is 10.1. The van der Waals surface area contributed by atoms with Crippen molar-refractivity contribution in [3.8, 4) is 5.75 Å². The van der Waals surface area contributed by atoms with E-state index in [9.17, 15) is 0 Å². The van der Waals surface area contributed by atoms with Crippen molar-refractivity contribution in [2.24, 2.45) is 0 Å². The number of halogens is 1. The van der Waals surface area contributed by atoms with E-state index >= 15 is 0 Å². The number of fused-ring (bicyclic) bond motifs is 2. The van der Waals surface area contributed by atoms with Crippen molar-refractivity contribution in [2.45, 2.75) is 6.92 Å². The number of aromatic nitrogens is 1. The third kappa shape index (κ3) is 1.79. The SMILES string of the molecule is CCOc1ccc2nc3ccccc3c(Cl)c2c1. The molecule has 3 rings (SSSR count). The zero-order valence-corrected chi connectivity index (χ0v) is 10.7. The summed E-state index contributed by atoms with van der Waals surface area (Å²) in [5.41, 5.74) is 1.81. The first kappa shape index (κ1) is 11.3. The smallest absolute Gasteiger partial charge is 0.120 e. The number of ether oxygens (including phenoxy) is 1. The maximum absolute atomic E-state index is 6.45. The van der Waals surface area contributed by atoms with Crippen molar-refractivity contribution < 1.29 is 4.74 Å². The molecule has 0 unspecified atom stereocenters. The van der Waals surface area contributed by atoms with Gasteiger partial charge >= 0.3 is 0 Å². The minimum absolute atomic E-state index is 0.643. The summed E-state index contributed by atoms with van der Waals surface area (Å²) in [4.78, 5) is 4.60. The summed E-state index contributed by atoms with van der Waals surface area (Å²) in [5, 5.41) is 2.64. The number of hydrogen-bond acceptors (Lipinski definition) is 2. The van der Waals surface area contributed by atoms with Gasteiger partial charge in [0.25, 0.3) is 0 Å². The van der Waals surface area contributed by atoms with Crippen molar-refractivity contribution >= 4 is 33.4 Å². The Hall–Kier alpha value is -1.80. The van der Waals surface area contributed by atoms with Crippen molar-refractivity contribution in [2.75, 3.05) is 6.61 Å². The zero-order valence-electron chi connectivity index (χ0n) is 9.98. The van der Waals surface area contributed by atoms with Crippen LogP contribution in [0.25, 0.3) is 21.8 Å². The van der Waals surface area contributed by atoms with Crippen molar-refractivity contribution in [1.29, 1.82) is 0 Å². The van der Waals surface area contributed by atoms with E-state index in [4.69, 9.17) is 16.3 Å². The molecule has 3 aromatic rings. The molecule has 0 saturated heterocycles. The molecule has 90 valence electrons. The van der Waals surface area contributed by atoms with Crippen LogP contribution in [0.1, 0.15) is 6.92 Å². The van der Waals surface area contributed by atoms with Crippen LogP contribution in [0.3, 0.4) is 0 Å². The standard InChI is InChI=1S/C15H12ClNO/c1-2-18-10-7-8-14-12(9-10)15(16)11-5-3-4-6-13(11)17-14/h3-9H,2H2,1H3. The van der Waals surface area contributed by atoms with E-state index in [0.717, 1.165) is 32.6 Å². The van der Waals surface area contributed by atoms with Gasteiger partial charge in [-0.05, 0) is 31.2 Å². The molecule has 0 aliphatic carbocycles. The van der Waals surface area contributed by atoms with E-state index in [1.165, 1.54) is 0 Å². The van der Waals surface area contributed by atoms with E-state index in [1.54, 1.807) is 0 Å². The Morgan fingerprint density at radius 2 is 1.83 bits per heavy atom. The molecule has 0 radical (unpaired) electrons. The van der Waals surface area contributed by atoms with Gasteiger partial charge in [-0.3, -0.25) is 0 Å². The van der Waals surface area contributed by atoms with Gasteiger partial charge in [-0.1, -0.05) is 29.8 Å². The third-order valence-electron chi connectivity index (χ3n) is 2.90. The van der Waals surface area contributed by atoms with Crippen molar-refractivity contribution in [3.05, 3.63) is 47.5 Å². The molecule has 3 heteroatoms. The highest BCUT2D eigenvalue weighted by Gasteiger charge is 2.07. The van der Waals surface area contributed by atoms with Gasteiger partial charge in [-0.25, -0.2) is 4.98 Å². The highest BCUT2D eigenvalue weighted by molar-refractivity contribution is 6.40. The van der Waals surface area contributed by atoms with E-state index in [-0.39, 0.29) is 0 Å². The molecule has 0 fully saturated rings.